The van der Waals surface area contributed by atoms with Gasteiger partial charge in [-0.2, -0.15) is 5.10 Å². The lowest BCUT2D eigenvalue weighted by atomic mass is 9.83. The number of nitrogens with zero attached hydrogens (tertiary/aromatic N) is 5. The summed E-state index contributed by atoms with van der Waals surface area (Å²) in [6.45, 7) is 4.08. The fourth-order valence-corrected chi connectivity index (χ4v) is 3.24. The van der Waals surface area contributed by atoms with Crippen LogP contribution >= 0.6 is 0 Å². The monoisotopic (exact) mass is 319 g/mol. The van der Waals surface area contributed by atoms with E-state index in [1.807, 2.05) is 31.5 Å². The van der Waals surface area contributed by atoms with Gasteiger partial charge in [0, 0.05) is 41.7 Å². The minimum atomic E-state index is 0.780. The van der Waals surface area contributed by atoms with Crippen molar-refractivity contribution in [1.82, 2.24) is 24.6 Å². The number of fused-ring (bicyclic) bond motifs is 1. The zero-order chi connectivity index (χ0) is 16.5. The van der Waals surface area contributed by atoms with E-state index in [-0.39, 0.29) is 0 Å². The first-order valence-corrected chi connectivity index (χ1v) is 8.54. The molecule has 0 amide bonds. The van der Waals surface area contributed by atoms with Crippen molar-refractivity contribution in [1.29, 1.82) is 0 Å². The number of rotatable bonds is 4. The van der Waals surface area contributed by atoms with E-state index in [0.29, 0.717) is 0 Å². The largest absolute Gasteiger partial charge is 0.241 e. The van der Waals surface area contributed by atoms with Crippen LogP contribution in [0.2, 0.25) is 0 Å². The van der Waals surface area contributed by atoms with Crippen molar-refractivity contribution >= 4 is 11.2 Å². The van der Waals surface area contributed by atoms with Crippen LogP contribution < -0.4 is 0 Å². The third kappa shape index (κ3) is 2.70. The van der Waals surface area contributed by atoms with E-state index in [0.717, 1.165) is 46.3 Å². The van der Waals surface area contributed by atoms with Crippen LogP contribution in [0.25, 0.3) is 11.2 Å². The Labute approximate surface area is 141 Å². The van der Waals surface area contributed by atoms with Gasteiger partial charge in [0.15, 0.2) is 5.65 Å². The molecule has 0 N–H and O–H groups in total. The maximum atomic E-state index is 4.74. The molecule has 1 saturated carbocycles. The highest BCUT2D eigenvalue weighted by Gasteiger charge is 2.20. The summed E-state index contributed by atoms with van der Waals surface area (Å²) in [5, 5.41) is 4.20. The summed E-state index contributed by atoms with van der Waals surface area (Å²) in [5.74, 6) is 1.75. The Kier molecular flexibility index (Phi) is 3.84. The molecule has 122 valence electrons. The quantitative estimate of drug-likeness (QED) is 0.737. The normalized spacial score (nSPS) is 15.7. The summed E-state index contributed by atoms with van der Waals surface area (Å²) in [7, 11) is 0. The number of aryl methyl sites for hydroxylation is 1. The predicted molar refractivity (Wildman–Crippen MR) is 93.6 cm³/mol. The van der Waals surface area contributed by atoms with Crippen molar-refractivity contribution < 1.29 is 0 Å². The molecular weight excluding hydrogens is 298 g/mol. The molecule has 1 aliphatic carbocycles. The fraction of sp³-hybridized carbons (Fsp3) is 0.368. The minimum absolute atomic E-state index is 0.780. The van der Waals surface area contributed by atoms with Crippen LogP contribution in [0.4, 0.5) is 0 Å². The van der Waals surface area contributed by atoms with E-state index < -0.39 is 0 Å². The molecule has 1 aliphatic rings. The van der Waals surface area contributed by atoms with E-state index in [9.17, 15) is 0 Å². The molecule has 5 nitrogen and oxygen atoms in total. The number of hydrogen-bond acceptors (Lipinski definition) is 4. The average Bonchev–Trinajstić information content (AvgIpc) is 3.01. The summed E-state index contributed by atoms with van der Waals surface area (Å²) in [6.07, 6.45) is 12.7. The molecule has 1 fully saturated rings. The average molecular weight is 319 g/mol. The first kappa shape index (κ1) is 15.0. The molecule has 0 bridgehead atoms. The second-order valence-corrected chi connectivity index (χ2v) is 6.44. The van der Waals surface area contributed by atoms with Crippen LogP contribution in [0.5, 0.6) is 0 Å². The van der Waals surface area contributed by atoms with Crippen molar-refractivity contribution in [3.05, 3.63) is 59.6 Å². The Bertz CT molecular complexity index is 905. The van der Waals surface area contributed by atoms with E-state index in [4.69, 9.17) is 9.97 Å². The molecule has 4 rings (SSSR count). The van der Waals surface area contributed by atoms with Crippen molar-refractivity contribution in [3.8, 4) is 0 Å². The summed E-state index contributed by atoms with van der Waals surface area (Å²) < 4.78 is 1.77. The molecule has 3 heterocycles. The maximum Gasteiger partial charge on any atom is 0.155 e. The van der Waals surface area contributed by atoms with Crippen LogP contribution in [0, 0.1) is 12.8 Å². The Balaban J connectivity index is 1.66. The Hall–Kier alpha value is -2.56. The predicted octanol–water partition coefficient (Wildman–Crippen LogP) is 3.62. The van der Waals surface area contributed by atoms with Gasteiger partial charge in [0.2, 0.25) is 0 Å². The van der Waals surface area contributed by atoms with Gasteiger partial charge in [-0.25, -0.2) is 19.5 Å². The highest BCUT2D eigenvalue weighted by Crippen LogP contribution is 2.29. The molecule has 0 unspecified atom stereocenters. The smallest absolute Gasteiger partial charge is 0.155 e. The van der Waals surface area contributed by atoms with Gasteiger partial charge in [0.1, 0.15) is 5.82 Å². The zero-order valence-corrected chi connectivity index (χ0v) is 14.1. The summed E-state index contributed by atoms with van der Waals surface area (Å²) in [5.41, 5.74) is 4.89. The van der Waals surface area contributed by atoms with Gasteiger partial charge in [-0.3, -0.25) is 0 Å². The van der Waals surface area contributed by atoms with Gasteiger partial charge in [-0.05, 0) is 25.8 Å². The molecule has 0 atom stereocenters. The maximum absolute atomic E-state index is 4.74. The first-order chi connectivity index (χ1) is 11.7. The molecule has 0 aliphatic heterocycles. The van der Waals surface area contributed by atoms with Crippen molar-refractivity contribution in [2.45, 2.75) is 39.5 Å². The topological polar surface area (TPSA) is 56.0 Å². The number of aromatic nitrogens is 5. The SMILES string of the molecule is C/C=C(/c1ccn2nccc2n1)c1cnc(CC2CCC2)nc1C. The second-order valence-electron chi connectivity index (χ2n) is 6.44. The molecule has 0 radical (unpaired) electrons. The molecule has 3 aromatic heterocycles. The second kappa shape index (κ2) is 6.15. The first-order valence-electron chi connectivity index (χ1n) is 8.54. The number of hydrogen-bond donors (Lipinski definition) is 0. The van der Waals surface area contributed by atoms with Crippen molar-refractivity contribution in [2.75, 3.05) is 0 Å². The van der Waals surface area contributed by atoms with Crippen LogP contribution in [0.1, 0.15) is 49.0 Å². The van der Waals surface area contributed by atoms with E-state index in [1.165, 1.54) is 19.3 Å². The Morgan fingerprint density at radius 1 is 1.29 bits per heavy atom. The summed E-state index contributed by atoms with van der Waals surface area (Å²) in [6, 6.07) is 3.89. The van der Waals surface area contributed by atoms with Gasteiger partial charge in [0.05, 0.1) is 11.9 Å². The Morgan fingerprint density at radius 3 is 2.88 bits per heavy atom. The lowest BCUT2D eigenvalue weighted by Gasteiger charge is -2.24. The molecule has 3 aromatic rings. The van der Waals surface area contributed by atoms with E-state index in [2.05, 4.69) is 23.1 Å². The van der Waals surface area contributed by atoms with Gasteiger partial charge in [-0.15, -0.1) is 0 Å². The van der Waals surface area contributed by atoms with Crippen LogP contribution in [-0.2, 0) is 6.42 Å². The third-order valence-electron chi connectivity index (χ3n) is 4.84. The highest BCUT2D eigenvalue weighted by atomic mass is 15.2. The molecule has 0 aromatic carbocycles. The number of allylic oxidation sites excluding steroid dienone is 1. The van der Waals surface area contributed by atoms with Crippen molar-refractivity contribution in [2.24, 2.45) is 5.92 Å². The van der Waals surface area contributed by atoms with E-state index in [1.54, 1.807) is 10.7 Å². The zero-order valence-electron chi connectivity index (χ0n) is 14.1. The minimum Gasteiger partial charge on any atom is -0.241 e. The van der Waals surface area contributed by atoms with Crippen LogP contribution in [-0.4, -0.2) is 24.6 Å². The lowest BCUT2D eigenvalue weighted by Crippen LogP contribution is -2.16. The van der Waals surface area contributed by atoms with Gasteiger partial charge in [0.25, 0.3) is 0 Å². The molecule has 24 heavy (non-hydrogen) atoms. The highest BCUT2D eigenvalue weighted by molar-refractivity contribution is 5.78. The standard InChI is InChI=1S/C19H21N5/c1-3-15(17-8-10-24-19(23-17)7-9-21-24)16-12-20-18(22-13(16)2)11-14-5-4-6-14/h3,7-10,12,14H,4-6,11H2,1-2H3/b15-3+. The fourth-order valence-electron chi connectivity index (χ4n) is 3.24. The van der Waals surface area contributed by atoms with Gasteiger partial charge in [-0.1, -0.05) is 25.3 Å². The van der Waals surface area contributed by atoms with Crippen LogP contribution in [0.3, 0.4) is 0 Å². The summed E-state index contributed by atoms with van der Waals surface area (Å²) in [4.78, 5) is 14.0. The molecular formula is C19H21N5. The molecule has 0 saturated heterocycles. The van der Waals surface area contributed by atoms with Crippen molar-refractivity contribution in [3.63, 3.8) is 0 Å². The van der Waals surface area contributed by atoms with Crippen LogP contribution in [0.15, 0.2) is 36.8 Å². The third-order valence-corrected chi connectivity index (χ3v) is 4.84. The Morgan fingerprint density at radius 2 is 2.17 bits per heavy atom. The molecule has 5 heteroatoms. The summed E-state index contributed by atoms with van der Waals surface area (Å²) >= 11 is 0. The lowest BCUT2D eigenvalue weighted by molar-refractivity contribution is 0.309. The van der Waals surface area contributed by atoms with Gasteiger partial charge < -0.3 is 0 Å². The van der Waals surface area contributed by atoms with E-state index >= 15 is 0 Å². The van der Waals surface area contributed by atoms with Gasteiger partial charge >= 0.3 is 0 Å². The molecule has 0 spiro atoms.